The number of H-pyrrole nitrogens is 1. The molecule has 0 unspecified atom stereocenters. The number of carboxylic acids is 1. The maximum absolute atomic E-state index is 10.5. The first-order valence-electron chi connectivity index (χ1n) is 3.93. The standard InChI is InChI=1S/C9H11NO2S/c11-9(12)8-5-7(6-10-8)3-1-2-4-13/h1,3,5-6,10,13H,2,4H2,(H,11,12). The summed E-state index contributed by atoms with van der Waals surface area (Å²) in [6.07, 6.45) is 6.39. The summed E-state index contributed by atoms with van der Waals surface area (Å²) >= 11 is 4.05. The molecule has 1 aromatic rings. The van der Waals surface area contributed by atoms with Crippen molar-refractivity contribution in [2.24, 2.45) is 0 Å². The summed E-state index contributed by atoms with van der Waals surface area (Å²) in [5.41, 5.74) is 1.09. The van der Waals surface area contributed by atoms with E-state index < -0.39 is 5.97 Å². The van der Waals surface area contributed by atoms with E-state index >= 15 is 0 Å². The maximum atomic E-state index is 10.5. The molecule has 0 aliphatic carbocycles. The van der Waals surface area contributed by atoms with E-state index in [4.69, 9.17) is 5.11 Å². The zero-order valence-electron chi connectivity index (χ0n) is 7.03. The number of allylic oxidation sites excluding steroid dienone is 1. The van der Waals surface area contributed by atoms with Gasteiger partial charge in [-0.05, 0) is 23.8 Å². The molecule has 0 aromatic carbocycles. The van der Waals surface area contributed by atoms with Crippen LogP contribution in [-0.2, 0) is 0 Å². The van der Waals surface area contributed by atoms with E-state index in [1.165, 1.54) is 0 Å². The van der Waals surface area contributed by atoms with Crippen LogP contribution in [-0.4, -0.2) is 21.8 Å². The summed E-state index contributed by atoms with van der Waals surface area (Å²) in [5, 5.41) is 8.60. The maximum Gasteiger partial charge on any atom is 0.352 e. The van der Waals surface area contributed by atoms with Crippen LogP contribution in [0, 0.1) is 0 Å². The Labute approximate surface area is 81.9 Å². The van der Waals surface area contributed by atoms with Crippen LogP contribution in [0.25, 0.3) is 6.08 Å². The van der Waals surface area contributed by atoms with Gasteiger partial charge in [0.05, 0.1) is 0 Å². The van der Waals surface area contributed by atoms with Crippen LogP contribution in [0.4, 0.5) is 0 Å². The molecule has 0 bridgehead atoms. The van der Waals surface area contributed by atoms with Gasteiger partial charge in [-0.25, -0.2) is 4.79 Å². The van der Waals surface area contributed by atoms with Crippen molar-refractivity contribution in [2.45, 2.75) is 6.42 Å². The highest BCUT2D eigenvalue weighted by molar-refractivity contribution is 7.80. The topological polar surface area (TPSA) is 53.1 Å². The Kier molecular flexibility index (Phi) is 3.64. The Morgan fingerprint density at radius 3 is 3.00 bits per heavy atom. The van der Waals surface area contributed by atoms with Crippen molar-refractivity contribution >= 4 is 24.7 Å². The summed E-state index contributed by atoms with van der Waals surface area (Å²) in [4.78, 5) is 13.1. The number of aromatic nitrogens is 1. The van der Waals surface area contributed by atoms with Gasteiger partial charge in [-0.3, -0.25) is 0 Å². The SMILES string of the molecule is O=C(O)c1cc(C=CCCS)c[nH]1. The molecule has 0 spiro atoms. The monoisotopic (exact) mass is 197 g/mol. The van der Waals surface area contributed by atoms with Crippen LogP contribution >= 0.6 is 12.6 Å². The molecule has 0 aliphatic heterocycles. The van der Waals surface area contributed by atoms with Gasteiger partial charge in [-0.1, -0.05) is 12.2 Å². The molecule has 0 radical (unpaired) electrons. The van der Waals surface area contributed by atoms with E-state index in [-0.39, 0.29) is 5.69 Å². The summed E-state index contributed by atoms with van der Waals surface area (Å²) < 4.78 is 0. The second-order valence-corrected chi connectivity index (χ2v) is 3.01. The Balaban J connectivity index is 2.64. The van der Waals surface area contributed by atoms with Crippen LogP contribution in [0.15, 0.2) is 18.3 Å². The molecule has 0 aliphatic rings. The predicted molar refractivity (Wildman–Crippen MR) is 55.3 cm³/mol. The van der Waals surface area contributed by atoms with E-state index in [1.807, 2.05) is 12.2 Å². The van der Waals surface area contributed by atoms with E-state index in [2.05, 4.69) is 17.6 Å². The second-order valence-electron chi connectivity index (χ2n) is 2.57. The van der Waals surface area contributed by atoms with E-state index in [0.29, 0.717) is 0 Å². The molecule has 13 heavy (non-hydrogen) atoms. The van der Waals surface area contributed by atoms with E-state index in [1.54, 1.807) is 12.3 Å². The molecule has 3 nitrogen and oxygen atoms in total. The predicted octanol–water partition coefficient (Wildman–Crippen LogP) is 2.05. The Bertz CT molecular complexity index is 317. The fourth-order valence-electron chi connectivity index (χ4n) is 0.925. The summed E-state index contributed by atoms with van der Waals surface area (Å²) in [6.45, 7) is 0. The number of hydrogen-bond donors (Lipinski definition) is 3. The molecule has 1 aromatic heterocycles. The average molecular weight is 197 g/mol. The van der Waals surface area contributed by atoms with Gasteiger partial charge in [0, 0.05) is 6.20 Å². The zero-order valence-corrected chi connectivity index (χ0v) is 7.92. The molecule has 1 heterocycles. The van der Waals surface area contributed by atoms with Crippen LogP contribution in [0.3, 0.4) is 0 Å². The molecule has 0 saturated carbocycles. The highest BCUT2D eigenvalue weighted by Crippen LogP contribution is 2.06. The third-order valence-electron chi connectivity index (χ3n) is 1.54. The molecule has 1 rings (SSSR count). The minimum atomic E-state index is -0.936. The molecule has 0 amide bonds. The third kappa shape index (κ3) is 2.99. The number of aromatic carboxylic acids is 1. The minimum Gasteiger partial charge on any atom is -0.477 e. The van der Waals surface area contributed by atoms with Gasteiger partial charge < -0.3 is 10.1 Å². The van der Waals surface area contributed by atoms with Crippen LogP contribution in [0.1, 0.15) is 22.5 Å². The van der Waals surface area contributed by atoms with Gasteiger partial charge in [-0.15, -0.1) is 0 Å². The normalized spacial score (nSPS) is 10.8. The molecule has 4 heteroatoms. The van der Waals surface area contributed by atoms with Crippen molar-refractivity contribution < 1.29 is 9.90 Å². The minimum absolute atomic E-state index is 0.213. The molecule has 0 saturated heterocycles. The first kappa shape index (κ1) is 9.92. The molecular weight excluding hydrogens is 186 g/mol. The fraction of sp³-hybridized carbons (Fsp3) is 0.222. The molecule has 70 valence electrons. The van der Waals surface area contributed by atoms with Crippen molar-refractivity contribution in [1.82, 2.24) is 4.98 Å². The smallest absolute Gasteiger partial charge is 0.352 e. The number of nitrogens with one attached hydrogen (secondary N) is 1. The van der Waals surface area contributed by atoms with Crippen LogP contribution in [0.5, 0.6) is 0 Å². The molecule has 0 atom stereocenters. The second kappa shape index (κ2) is 4.77. The lowest BCUT2D eigenvalue weighted by molar-refractivity contribution is 0.0691. The largest absolute Gasteiger partial charge is 0.477 e. The van der Waals surface area contributed by atoms with Crippen molar-refractivity contribution in [3.63, 3.8) is 0 Å². The highest BCUT2D eigenvalue weighted by atomic mass is 32.1. The van der Waals surface area contributed by atoms with Crippen molar-refractivity contribution in [3.05, 3.63) is 29.6 Å². The average Bonchev–Trinajstić information content (AvgIpc) is 2.53. The first-order chi connectivity index (χ1) is 6.24. The number of carboxylic acid groups (broad SMARTS) is 1. The number of aromatic amines is 1. The van der Waals surface area contributed by atoms with Gasteiger partial charge in [0.25, 0.3) is 0 Å². The Hall–Kier alpha value is -1.16. The first-order valence-corrected chi connectivity index (χ1v) is 4.56. The summed E-state index contributed by atoms with van der Waals surface area (Å²) in [7, 11) is 0. The lowest BCUT2D eigenvalue weighted by atomic mass is 10.2. The zero-order chi connectivity index (χ0) is 9.68. The van der Waals surface area contributed by atoms with Crippen LogP contribution < -0.4 is 0 Å². The number of thiol groups is 1. The van der Waals surface area contributed by atoms with Gasteiger partial charge >= 0.3 is 5.97 Å². The summed E-state index contributed by atoms with van der Waals surface area (Å²) in [6, 6.07) is 1.59. The van der Waals surface area contributed by atoms with E-state index in [0.717, 1.165) is 17.7 Å². The van der Waals surface area contributed by atoms with Gasteiger partial charge in [0.2, 0.25) is 0 Å². The lowest BCUT2D eigenvalue weighted by Crippen LogP contribution is -1.94. The van der Waals surface area contributed by atoms with Gasteiger partial charge in [0.1, 0.15) is 5.69 Å². The lowest BCUT2D eigenvalue weighted by Gasteiger charge is -1.84. The van der Waals surface area contributed by atoms with Gasteiger partial charge in [-0.2, -0.15) is 12.6 Å². The Morgan fingerprint density at radius 1 is 1.69 bits per heavy atom. The number of rotatable bonds is 4. The van der Waals surface area contributed by atoms with Crippen molar-refractivity contribution in [1.29, 1.82) is 0 Å². The number of hydrogen-bond acceptors (Lipinski definition) is 2. The molecule has 0 fully saturated rings. The van der Waals surface area contributed by atoms with Crippen LogP contribution in [0.2, 0.25) is 0 Å². The number of carbonyl (C=O) groups is 1. The quantitative estimate of drug-likeness (QED) is 0.647. The molecular formula is C9H11NO2S. The fourth-order valence-corrected chi connectivity index (χ4v) is 1.07. The Morgan fingerprint density at radius 2 is 2.46 bits per heavy atom. The summed E-state index contributed by atoms with van der Waals surface area (Å²) in [5.74, 6) is -0.138. The van der Waals surface area contributed by atoms with Crippen molar-refractivity contribution in [3.8, 4) is 0 Å². The molecule has 2 N–H and O–H groups in total. The van der Waals surface area contributed by atoms with E-state index in [9.17, 15) is 4.79 Å². The van der Waals surface area contributed by atoms with Crippen molar-refractivity contribution in [2.75, 3.05) is 5.75 Å². The highest BCUT2D eigenvalue weighted by Gasteiger charge is 2.03. The van der Waals surface area contributed by atoms with Gasteiger partial charge in [0.15, 0.2) is 0 Å². The third-order valence-corrected chi connectivity index (χ3v) is 1.80.